The average molecular weight is 367 g/mol. The number of nitrogens with zero attached hydrogens (tertiary/aromatic N) is 1. The van der Waals surface area contributed by atoms with Gasteiger partial charge in [0.05, 0.1) is 5.69 Å². The summed E-state index contributed by atoms with van der Waals surface area (Å²) in [6.45, 7) is 8.46. The Morgan fingerprint density at radius 3 is 2.59 bits per heavy atom. The molecule has 3 nitrogen and oxygen atoms in total. The molecule has 0 radical (unpaired) electrons. The van der Waals surface area contributed by atoms with Crippen molar-refractivity contribution in [3.05, 3.63) is 27.7 Å². The van der Waals surface area contributed by atoms with Gasteiger partial charge in [0, 0.05) is 17.4 Å². The molecule has 1 N–H and O–H groups in total. The number of benzene rings is 1. The molecule has 1 aromatic carbocycles. The molecule has 1 atom stereocenters. The molecule has 0 spiro atoms. The molecule has 1 aliphatic carbocycles. The van der Waals surface area contributed by atoms with Crippen LogP contribution in [0.5, 0.6) is 0 Å². The summed E-state index contributed by atoms with van der Waals surface area (Å²) >= 11 is 3.69. The van der Waals surface area contributed by atoms with E-state index in [9.17, 15) is 4.79 Å². The predicted molar refractivity (Wildman–Crippen MR) is 96.4 cm³/mol. The fraction of sp³-hybridized carbons (Fsp3) is 0.611. The van der Waals surface area contributed by atoms with E-state index >= 15 is 0 Å². The second kappa shape index (κ2) is 8.11. The van der Waals surface area contributed by atoms with Crippen LogP contribution in [0.2, 0.25) is 0 Å². The Balaban J connectivity index is 2.17. The molecule has 0 aliphatic heterocycles. The Labute approximate surface area is 142 Å². The minimum Gasteiger partial charge on any atom is -0.325 e. The van der Waals surface area contributed by atoms with Crippen molar-refractivity contribution in [3.63, 3.8) is 0 Å². The van der Waals surface area contributed by atoms with Crippen LogP contribution >= 0.6 is 15.9 Å². The molecule has 1 aliphatic rings. The van der Waals surface area contributed by atoms with Gasteiger partial charge in [0.1, 0.15) is 0 Å². The summed E-state index contributed by atoms with van der Waals surface area (Å²) in [5, 5.41) is 2.90. The van der Waals surface area contributed by atoms with E-state index in [2.05, 4.69) is 46.1 Å². The van der Waals surface area contributed by atoms with Crippen LogP contribution in [0, 0.1) is 0 Å². The largest absolute Gasteiger partial charge is 0.325 e. The Bertz CT molecular complexity index is 524. The van der Waals surface area contributed by atoms with Crippen molar-refractivity contribution in [2.45, 2.75) is 58.9 Å². The van der Waals surface area contributed by atoms with Crippen molar-refractivity contribution < 1.29 is 4.79 Å². The van der Waals surface area contributed by atoms with E-state index < -0.39 is 0 Å². The third-order valence-corrected chi connectivity index (χ3v) is 5.28. The van der Waals surface area contributed by atoms with Crippen LogP contribution in [0.25, 0.3) is 0 Å². The summed E-state index contributed by atoms with van der Waals surface area (Å²) in [5.74, 6) is -0.0218. The first-order valence-corrected chi connectivity index (χ1v) is 9.18. The molecule has 2 rings (SSSR count). The van der Waals surface area contributed by atoms with E-state index in [4.69, 9.17) is 0 Å². The lowest BCUT2D eigenvalue weighted by Crippen LogP contribution is -2.40. The van der Waals surface area contributed by atoms with Gasteiger partial charge in [-0.1, -0.05) is 19.9 Å². The van der Waals surface area contributed by atoms with Crippen molar-refractivity contribution in [2.24, 2.45) is 0 Å². The number of nitrogens with one attached hydrogen (secondary N) is 1. The number of carbonyl (C=O) groups is 1. The molecular weight excluding hydrogens is 340 g/mol. The maximum absolute atomic E-state index is 11.3. The van der Waals surface area contributed by atoms with Gasteiger partial charge in [-0.05, 0) is 78.3 Å². The number of halogens is 1. The highest BCUT2D eigenvalue weighted by Crippen LogP contribution is 2.35. The standard InChI is InChI=1S/C18H27BrN2O/c1-4-10-21(11-5-2)15-7-8-16-14(12-15)6-9-17(18(16)19)20-13(3)22/h6,9,15H,4-5,7-8,10-12H2,1-3H3,(H,20,22). The normalized spacial score (nSPS) is 17.4. The minimum absolute atomic E-state index is 0.0218. The number of hydrogen-bond acceptors (Lipinski definition) is 2. The van der Waals surface area contributed by atoms with Gasteiger partial charge in [-0.25, -0.2) is 0 Å². The minimum atomic E-state index is -0.0218. The Hall–Kier alpha value is -0.870. The summed E-state index contributed by atoms with van der Waals surface area (Å²) < 4.78 is 1.07. The van der Waals surface area contributed by atoms with Crippen LogP contribution < -0.4 is 5.32 Å². The van der Waals surface area contributed by atoms with Gasteiger partial charge in [-0.15, -0.1) is 0 Å². The van der Waals surface area contributed by atoms with Gasteiger partial charge in [-0.3, -0.25) is 4.79 Å². The summed E-state index contributed by atoms with van der Waals surface area (Å²) in [5.41, 5.74) is 3.69. The van der Waals surface area contributed by atoms with E-state index in [1.807, 2.05) is 6.07 Å². The molecule has 0 fully saturated rings. The fourth-order valence-electron chi connectivity index (χ4n) is 3.44. The van der Waals surface area contributed by atoms with Crippen LogP contribution in [0.3, 0.4) is 0 Å². The predicted octanol–water partition coefficient (Wildman–Crippen LogP) is 4.39. The molecule has 0 aromatic heterocycles. The zero-order valence-electron chi connectivity index (χ0n) is 13.9. The highest BCUT2D eigenvalue weighted by Gasteiger charge is 2.25. The SMILES string of the molecule is CCCN(CCC)C1CCc2c(ccc(NC(C)=O)c2Br)C1. The van der Waals surface area contributed by atoms with Crippen LogP contribution in [-0.4, -0.2) is 29.9 Å². The van der Waals surface area contributed by atoms with Crippen molar-refractivity contribution in [1.82, 2.24) is 4.90 Å². The highest BCUT2D eigenvalue weighted by atomic mass is 79.9. The lowest BCUT2D eigenvalue weighted by atomic mass is 9.87. The lowest BCUT2D eigenvalue weighted by molar-refractivity contribution is -0.114. The monoisotopic (exact) mass is 366 g/mol. The summed E-state index contributed by atoms with van der Waals surface area (Å²) in [4.78, 5) is 13.9. The zero-order valence-corrected chi connectivity index (χ0v) is 15.5. The number of fused-ring (bicyclic) bond motifs is 1. The maximum atomic E-state index is 11.3. The van der Waals surface area contributed by atoms with E-state index in [0.29, 0.717) is 6.04 Å². The topological polar surface area (TPSA) is 32.3 Å². The smallest absolute Gasteiger partial charge is 0.221 e. The third-order valence-electron chi connectivity index (χ3n) is 4.37. The lowest BCUT2D eigenvalue weighted by Gasteiger charge is -2.35. The molecule has 1 aromatic rings. The van der Waals surface area contributed by atoms with Crippen molar-refractivity contribution in [2.75, 3.05) is 18.4 Å². The zero-order chi connectivity index (χ0) is 16.1. The first-order valence-electron chi connectivity index (χ1n) is 8.38. The first kappa shape index (κ1) is 17.5. The van der Waals surface area contributed by atoms with Gasteiger partial charge >= 0.3 is 0 Å². The second-order valence-electron chi connectivity index (χ2n) is 6.18. The molecule has 1 amide bonds. The Morgan fingerprint density at radius 2 is 2.00 bits per heavy atom. The summed E-state index contributed by atoms with van der Waals surface area (Å²) in [7, 11) is 0. The van der Waals surface area contributed by atoms with Gasteiger partial charge < -0.3 is 10.2 Å². The molecule has 0 saturated heterocycles. The number of rotatable bonds is 6. The molecule has 4 heteroatoms. The van der Waals surface area contributed by atoms with Crippen LogP contribution in [-0.2, 0) is 17.6 Å². The maximum Gasteiger partial charge on any atom is 0.221 e. The van der Waals surface area contributed by atoms with Crippen LogP contribution in [0.4, 0.5) is 5.69 Å². The summed E-state index contributed by atoms with van der Waals surface area (Å²) in [6, 6.07) is 4.87. The average Bonchev–Trinajstić information content (AvgIpc) is 2.49. The molecular formula is C18H27BrN2O. The van der Waals surface area contributed by atoms with E-state index in [0.717, 1.165) is 23.0 Å². The quantitative estimate of drug-likeness (QED) is 0.809. The molecule has 0 saturated carbocycles. The molecule has 122 valence electrons. The Kier molecular flexibility index (Phi) is 6.45. The molecule has 0 bridgehead atoms. The second-order valence-corrected chi connectivity index (χ2v) is 6.97. The van der Waals surface area contributed by atoms with Gasteiger partial charge in [0.2, 0.25) is 5.91 Å². The van der Waals surface area contributed by atoms with Crippen LogP contribution in [0.1, 0.15) is 51.2 Å². The Morgan fingerprint density at radius 1 is 1.32 bits per heavy atom. The van der Waals surface area contributed by atoms with E-state index in [1.165, 1.54) is 43.5 Å². The van der Waals surface area contributed by atoms with Crippen molar-refractivity contribution in [3.8, 4) is 0 Å². The van der Waals surface area contributed by atoms with Gasteiger partial charge in [-0.2, -0.15) is 0 Å². The van der Waals surface area contributed by atoms with Gasteiger partial charge in [0.15, 0.2) is 0 Å². The fourth-order valence-corrected chi connectivity index (χ4v) is 4.12. The summed E-state index contributed by atoms with van der Waals surface area (Å²) in [6.07, 6.45) is 5.84. The molecule has 0 heterocycles. The van der Waals surface area contributed by atoms with Crippen molar-refractivity contribution in [1.29, 1.82) is 0 Å². The van der Waals surface area contributed by atoms with Gasteiger partial charge in [0.25, 0.3) is 0 Å². The van der Waals surface area contributed by atoms with E-state index in [-0.39, 0.29) is 5.91 Å². The van der Waals surface area contributed by atoms with Crippen molar-refractivity contribution >= 4 is 27.5 Å². The number of amides is 1. The number of hydrogen-bond donors (Lipinski definition) is 1. The molecule has 1 unspecified atom stereocenters. The number of carbonyl (C=O) groups excluding carboxylic acids is 1. The highest BCUT2D eigenvalue weighted by molar-refractivity contribution is 9.10. The third kappa shape index (κ3) is 4.11. The van der Waals surface area contributed by atoms with Crippen LogP contribution in [0.15, 0.2) is 16.6 Å². The number of anilines is 1. The molecule has 22 heavy (non-hydrogen) atoms. The first-order chi connectivity index (χ1) is 10.6. The van der Waals surface area contributed by atoms with E-state index in [1.54, 1.807) is 6.92 Å².